The van der Waals surface area contributed by atoms with Gasteiger partial charge in [0.2, 0.25) is 5.76 Å². The molecule has 0 saturated carbocycles. The molecule has 0 bridgehead atoms. The topological polar surface area (TPSA) is 94.8 Å². The lowest BCUT2D eigenvalue weighted by Crippen LogP contribution is -2.02. The van der Waals surface area contributed by atoms with Gasteiger partial charge in [-0.2, -0.15) is 0 Å². The number of carbonyl (C=O) groups excluding carboxylic acids is 1. The lowest BCUT2D eigenvalue weighted by atomic mass is 10.2. The summed E-state index contributed by atoms with van der Waals surface area (Å²) in [6.45, 7) is 0. The third kappa shape index (κ3) is 3.04. The molecule has 2 rings (SSSR count). The Labute approximate surface area is 118 Å². The van der Waals surface area contributed by atoms with Gasteiger partial charge in [-0.3, -0.25) is 4.79 Å². The van der Waals surface area contributed by atoms with E-state index in [1.165, 1.54) is 23.5 Å². The summed E-state index contributed by atoms with van der Waals surface area (Å²) < 4.78 is 0. The van der Waals surface area contributed by atoms with Crippen LogP contribution in [0.5, 0.6) is 5.75 Å². The standard InChI is InChI=1S/C14H10O5S/c15-9-3-1-8(2-4-9)12-5-6-13(20-12)10(16)7-11(17)14(18)19/h1-7,15,17H,(H,18,19). The third-order valence-electron chi connectivity index (χ3n) is 2.49. The van der Waals surface area contributed by atoms with Crippen LogP contribution in [0.15, 0.2) is 48.2 Å². The van der Waals surface area contributed by atoms with Crippen LogP contribution in [0.1, 0.15) is 9.67 Å². The molecule has 0 radical (unpaired) electrons. The second-order valence-corrected chi connectivity index (χ2v) is 4.99. The molecule has 1 aromatic carbocycles. The fourth-order valence-electron chi connectivity index (χ4n) is 1.51. The van der Waals surface area contributed by atoms with Crippen LogP contribution in [-0.2, 0) is 4.79 Å². The molecule has 6 heteroatoms. The average molecular weight is 290 g/mol. The summed E-state index contributed by atoms with van der Waals surface area (Å²) in [5, 5.41) is 26.7. The molecule has 0 atom stereocenters. The zero-order valence-electron chi connectivity index (χ0n) is 10.1. The van der Waals surface area contributed by atoms with Gasteiger partial charge in [0.25, 0.3) is 0 Å². The van der Waals surface area contributed by atoms with Crippen LogP contribution in [0.2, 0.25) is 0 Å². The van der Waals surface area contributed by atoms with Crippen molar-refractivity contribution >= 4 is 23.1 Å². The highest BCUT2D eigenvalue weighted by Crippen LogP contribution is 2.29. The van der Waals surface area contributed by atoms with Crippen molar-refractivity contribution in [1.29, 1.82) is 0 Å². The van der Waals surface area contributed by atoms with E-state index in [-0.39, 0.29) is 5.75 Å². The number of ketones is 1. The van der Waals surface area contributed by atoms with E-state index in [2.05, 4.69) is 0 Å². The van der Waals surface area contributed by atoms with Gasteiger partial charge in [-0.25, -0.2) is 4.79 Å². The maximum Gasteiger partial charge on any atom is 0.371 e. The molecule has 0 saturated heterocycles. The summed E-state index contributed by atoms with van der Waals surface area (Å²) in [7, 11) is 0. The minimum absolute atomic E-state index is 0.149. The highest BCUT2D eigenvalue weighted by Gasteiger charge is 2.12. The second kappa shape index (κ2) is 5.58. The van der Waals surface area contributed by atoms with Gasteiger partial charge in [-0.15, -0.1) is 11.3 Å². The molecule has 0 amide bonds. The van der Waals surface area contributed by atoms with Crippen molar-refractivity contribution in [3.63, 3.8) is 0 Å². The highest BCUT2D eigenvalue weighted by molar-refractivity contribution is 7.17. The van der Waals surface area contributed by atoms with Crippen LogP contribution in [-0.4, -0.2) is 27.1 Å². The number of aliphatic hydroxyl groups is 1. The Morgan fingerprint density at radius 3 is 2.25 bits per heavy atom. The molecule has 0 spiro atoms. The number of hydrogen-bond donors (Lipinski definition) is 3. The maximum atomic E-state index is 11.7. The van der Waals surface area contributed by atoms with Crippen LogP contribution in [0.25, 0.3) is 10.4 Å². The predicted octanol–water partition coefficient (Wildman–Crippen LogP) is 2.83. The monoisotopic (exact) mass is 290 g/mol. The van der Waals surface area contributed by atoms with Gasteiger partial charge in [-0.1, -0.05) is 0 Å². The summed E-state index contributed by atoms with van der Waals surface area (Å²) in [6, 6.07) is 9.76. The van der Waals surface area contributed by atoms with E-state index in [1.54, 1.807) is 24.3 Å². The van der Waals surface area contributed by atoms with Crippen LogP contribution >= 0.6 is 11.3 Å². The molecule has 1 aromatic heterocycles. The fraction of sp³-hybridized carbons (Fsp3) is 0. The highest BCUT2D eigenvalue weighted by atomic mass is 32.1. The number of phenolic OH excluding ortho intramolecular Hbond substituents is 1. The van der Waals surface area contributed by atoms with Crippen molar-refractivity contribution in [2.45, 2.75) is 0 Å². The zero-order valence-corrected chi connectivity index (χ0v) is 10.9. The van der Waals surface area contributed by atoms with Crippen molar-refractivity contribution in [3.8, 4) is 16.2 Å². The van der Waals surface area contributed by atoms with E-state index >= 15 is 0 Å². The van der Waals surface area contributed by atoms with Crippen LogP contribution in [0, 0.1) is 0 Å². The fourth-order valence-corrected chi connectivity index (χ4v) is 2.43. The van der Waals surface area contributed by atoms with Crippen LogP contribution in [0.3, 0.4) is 0 Å². The number of thiophene rings is 1. The Balaban J connectivity index is 2.25. The first-order valence-electron chi connectivity index (χ1n) is 5.55. The molecule has 0 aliphatic rings. The summed E-state index contributed by atoms with van der Waals surface area (Å²) in [5.74, 6) is -2.96. The van der Waals surface area contributed by atoms with Gasteiger partial charge >= 0.3 is 5.97 Å². The van der Waals surface area contributed by atoms with Crippen molar-refractivity contribution in [2.24, 2.45) is 0 Å². The molecule has 0 aliphatic carbocycles. The summed E-state index contributed by atoms with van der Waals surface area (Å²) in [6.07, 6.45) is 0.675. The molecule has 0 aliphatic heterocycles. The molecule has 0 fully saturated rings. The maximum absolute atomic E-state index is 11.7. The Morgan fingerprint density at radius 1 is 1.00 bits per heavy atom. The number of hydrogen-bond acceptors (Lipinski definition) is 5. The van der Waals surface area contributed by atoms with E-state index in [9.17, 15) is 14.7 Å². The Kier molecular flexibility index (Phi) is 3.86. The van der Waals surface area contributed by atoms with Crippen molar-refractivity contribution in [3.05, 3.63) is 53.1 Å². The minimum Gasteiger partial charge on any atom is -0.508 e. The van der Waals surface area contributed by atoms with Crippen LogP contribution in [0.4, 0.5) is 0 Å². The number of aliphatic carboxylic acids is 1. The molecule has 0 unspecified atom stereocenters. The largest absolute Gasteiger partial charge is 0.508 e. The Bertz CT molecular complexity index is 682. The minimum atomic E-state index is -1.55. The van der Waals surface area contributed by atoms with Gasteiger partial charge < -0.3 is 15.3 Å². The zero-order chi connectivity index (χ0) is 14.7. The second-order valence-electron chi connectivity index (χ2n) is 3.91. The predicted molar refractivity (Wildman–Crippen MR) is 74.1 cm³/mol. The molecule has 3 N–H and O–H groups in total. The first-order valence-corrected chi connectivity index (χ1v) is 6.36. The lowest BCUT2D eigenvalue weighted by Gasteiger charge is -1.97. The normalized spacial score (nSPS) is 11.3. The number of carboxylic acid groups (broad SMARTS) is 1. The van der Waals surface area contributed by atoms with Gasteiger partial charge in [-0.05, 0) is 42.0 Å². The molecule has 102 valence electrons. The van der Waals surface area contributed by atoms with Crippen molar-refractivity contribution < 1.29 is 24.9 Å². The number of aromatic hydroxyl groups is 1. The number of phenols is 1. The average Bonchev–Trinajstić information content (AvgIpc) is 2.89. The molecular formula is C14H10O5S. The van der Waals surface area contributed by atoms with Gasteiger partial charge in [0.1, 0.15) is 5.75 Å². The molecular weight excluding hydrogens is 280 g/mol. The number of carbonyl (C=O) groups is 2. The van der Waals surface area contributed by atoms with Crippen LogP contribution < -0.4 is 0 Å². The summed E-state index contributed by atoms with van der Waals surface area (Å²) in [5.41, 5.74) is 0.832. The molecule has 1 heterocycles. The molecule has 2 aromatic rings. The lowest BCUT2D eigenvalue weighted by molar-refractivity contribution is -0.135. The van der Waals surface area contributed by atoms with E-state index in [4.69, 9.17) is 10.2 Å². The molecule has 5 nitrogen and oxygen atoms in total. The summed E-state index contributed by atoms with van der Waals surface area (Å²) >= 11 is 1.17. The van der Waals surface area contributed by atoms with Gasteiger partial charge in [0.15, 0.2) is 5.78 Å². The van der Waals surface area contributed by atoms with E-state index < -0.39 is 17.5 Å². The Hall–Kier alpha value is -2.60. The first-order chi connectivity index (χ1) is 9.47. The SMILES string of the molecule is O=C(O)C(O)=CC(=O)c1ccc(-c2ccc(O)cc2)s1. The smallest absolute Gasteiger partial charge is 0.371 e. The van der Waals surface area contributed by atoms with E-state index in [0.717, 1.165) is 10.4 Å². The third-order valence-corrected chi connectivity index (χ3v) is 3.64. The quantitative estimate of drug-likeness (QED) is 0.457. The van der Waals surface area contributed by atoms with Gasteiger partial charge in [0, 0.05) is 11.0 Å². The summed E-state index contributed by atoms with van der Waals surface area (Å²) in [4.78, 5) is 23.3. The van der Waals surface area contributed by atoms with Crippen molar-refractivity contribution in [1.82, 2.24) is 0 Å². The van der Waals surface area contributed by atoms with E-state index in [1.807, 2.05) is 0 Å². The number of carboxylic acids is 1. The number of aliphatic hydroxyl groups excluding tert-OH is 1. The number of benzene rings is 1. The number of rotatable bonds is 4. The van der Waals surface area contributed by atoms with Gasteiger partial charge in [0.05, 0.1) is 4.88 Å². The number of allylic oxidation sites excluding steroid dienone is 1. The van der Waals surface area contributed by atoms with E-state index in [0.29, 0.717) is 11.0 Å². The Morgan fingerprint density at radius 2 is 1.65 bits per heavy atom. The van der Waals surface area contributed by atoms with Crippen molar-refractivity contribution in [2.75, 3.05) is 0 Å². The first kappa shape index (κ1) is 13.8. The molecule has 20 heavy (non-hydrogen) atoms.